The highest BCUT2D eigenvalue weighted by molar-refractivity contribution is 7.92. The lowest BCUT2D eigenvalue weighted by molar-refractivity contribution is 0.0982. The van der Waals surface area contributed by atoms with E-state index in [4.69, 9.17) is 0 Å². The molecular weight excluding hydrogens is 232 g/mol. The Kier molecular flexibility index (Phi) is 2.93. The molecule has 0 saturated carbocycles. The smallest absolute Gasteiger partial charge is 0.181 e. The van der Waals surface area contributed by atoms with Crippen LogP contribution in [0, 0.1) is 0 Å². The number of ketones is 1. The molecule has 1 saturated heterocycles. The van der Waals surface area contributed by atoms with Crippen molar-refractivity contribution in [2.75, 3.05) is 5.75 Å². The first-order valence-corrected chi connectivity index (χ1v) is 7.55. The molecule has 0 N–H and O–H groups in total. The van der Waals surface area contributed by atoms with E-state index in [0.717, 1.165) is 6.42 Å². The predicted molar refractivity (Wildman–Crippen MR) is 60.1 cm³/mol. The van der Waals surface area contributed by atoms with Gasteiger partial charge in [0.15, 0.2) is 15.6 Å². The first-order chi connectivity index (χ1) is 7.11. The third-order valence-corrected chi connectivity index (χ3v) is 5.53. The van der Waals surface area contributed by atoms with Crippen LogP contribution in [0.25, 0.3) is 0 Å². The van der Waals surface area contributed by atoms with Gasteiger partial charge in [0.1, 0.15) is 5.25 Å². The van der Waals surface area contributed by atoms with Gasteiger partial charge in [-0.1, -0.05) is 6.42 Å². The number of Topliss-reactive ketones (excluding diaryl/α,β-unsaturated/α-hetero) is 1. The van der Waals surface area contributed by atoms with Crippen molar-refractivity contribution in [3.05, 3.63) is 22.4 Å². The normalized spacial score (nSPS) is 24.9. The molecule has 1 aliphatic heterocycles. The second kappa shape index (κ2) is 4.06. The van der Waals surface area contributed by atoms with Crippen molar-refractivity contribution in [1.82, 2.24) is 0 Å². The van der Waals surface area contributed by atoms with Crippen molar-refractivity contribution in [2.24, 2.45) is 0 Å². The van der Waals surface area contributed by atoms with Gasteiger partial charge in [0.05, 0.1) is 5.75 Å². The van der Waals surface area contributed by atoms with Crippen LogP contribution in [0.4, 0.5) is 0 Å². The van der Waals surface area contributed by atoms with Gasteiger partial charge in [0.25, 0.3) is 0 Å². The predicted octanol–water partition coefficient (Wildman–Crippen LogP) is 1.90. The number of sulfone groups is 1. The van der Waals surface area contributed by atoms with E-state index < -0.39 is 15.1 Å². The molecular formula is C10H12O3S2. The molecule has 1 fully saturated rings. The Bertz CT molecular complexity index is 445. The molecule has 0 aliphatic carbocycles. The summed E-state index contributed by atoms with van der Waals surface area (Å²) in [6.45, 7) is 0. The number of rotatable bonds is 2. The Morgan fingerprint density at radius 2 is 2.20 bits per heavy atom. The van der Waals surface area contributed by atoms with Crippen LogP contribution in [0.15, 0.2) is 16.8 Å². The molecule has 1 unspecified atom stereocenters. The van der Waals surface area contributed by atoms with Crippen molar-refractivity contribution in [3.63, 3.8) is 0 Å². The summed E-state index contributed by atoms with van der Waals surface area (Å²) in [5.74, 6) is -0.0657. The number of carbonyl (C=O) groups excluding carboxylic acids is 1. The van der Waals surface area contributed by atoms with E-state index in [2.05, 4.69) is 0 Å². The monoisotopic (exact) mass is 244 g/mol. The van der Waals surface area contributed by atoms with E-state index >= 15 is 0 Å². The molecule has 5 heteroatoms. The number of hydrogen-bond acceptors (Lipinski definition) is 4. The molecule has 1 aromatic rings. The summed E-state index contributed by atoms with van der Waals surface area (Å²) >= 11 is 1.42. The van der Waals surface area contributed by atoms with Crippen LogP contribution >= 0.6 is 11.3 Å². The van der Waals surface area contributed by atoms with Crippen molar-refractivity contribution >= 4 is 27.0 Å². The summed E-state index contributed by atoms with van der Waals surface area (Å²) in [7, 11) is -3.19. The Labute approximate surface area is 93.0 Å². The van der Waals surface area contributed by atoms with E-state index in [-0.39, 0.29) is 11.5 Å². The topological polar surface area (TPSA) is 51.2 Å². The molecule has 2 heterocycles. The summed E-state index contributed by atoms with van der Waals surface area (Å²) in [5.41, 5.74) is 0.537. The van der Waals surface area contributed by atoms with Crippen LogP contribution in [0.5, 0.6) is 0 Å². The molecule has 2 rings (SSSR count). The summed E-state index contributed by atoms with van der Waals surface area (Å²) in [5, 5.41) is 2.72. The van der Waals surface area contributed by atoms with Gasteiger partial charge in [-0.2, -0.15) is 11.3 Å². The zero-order chi connectivity index (χ0) is 10.9. The Hall–Kier alpha value is -0.680. The summed E-state index contributed by atoms with van der Waals surface area (Å²) in [6.07, 6.45) is 2.01. The molecule has 1 aromatic heterocycles. The van der Waals surface area contributed by atoms with E-state index in [9.17, 15) is 13.2 Å². The highest BCUT2D eigenvalue weighted by Gasteiger charge is 2.35. The van der Waals surface area contributed by atoms with Crippen LogP contribution in [0.3, 0.4) is 0 Å². The number of carbonyl (C=O) groups is 1. The van der Waals surface area contributed by atoms with Crippen LogP contribution in [0.1, 0.15) is 29.6 Å². The molecule has 0 amide bonds. The largest absolute Gasteiger partial charge is 0.293 e. The first kappa shape index (κ1) is 10.8. The van der Waals surface area contributed by atoms with Gasteiger partial charge in [0.2, 0.25) is 0 Å². The molecule has 0 aromatic carbocycles. The van der Waals surface area contributed by atoms with Gasteiger partial charge in [-0.3, -0.25) is 4.79 Å². The van der Waals surface area contributed by atoms with E-state index in [1.54, 1.807) is 16.8 Å². The zero-order valence-electron chi connectivity index (χ0n) is 8.18. The fraction of sp³-hybridized carbons (Fsp3) is 0.500. The molecule has 0 bridgehead atoms. The van der Waals surface area contributed by atoms with Crippen molar-refractivity contribution in [2.45, 2.75) is 24.5 Å². The van der Waals surface area contributed by atoms with Gasteiger partial charge < -0.3 is 0 Å². The average Bonchev–Trinajstić information content (AvgIpc) is 2.69. The first-order valence-electron chi connectivity index (χ1n) is 4.89. The van der Waals surface area contributed by atoms with E-state index in [0.29, 0.717) is 18.4 Å². The molecule has 82 valence electrons. The standard InChI is InChI=1S/C10H12O3S2/c11-10(8-4-5-14-7-8)9-3-1-2-6-15(9,12)13/h4-5,7,9H,1-3,6H2. The molecule has 0 spiro atoms. The lowest BCUT2D eigenvalue weighted by atomic mass is 10.1. The van der Waals surface area contributed by atoms with Crippen LogP contribution in [-0.4, -0.2) is 25.2 Å². The minimum Gasteiger partial charge on any atom is -0.293 e. The fourth-order valence-electron chi connectivity index (χ4n) is 1.84. The van der Waals surface area contributed by atoms with Gasteiger partial charge in [-0.25, -0.2) is 8.42 Å². The maximum Gasteiger partial charge on any atom is 0.181 e. The van der Waals surface area contributed by atoms with Gasteiger partial charge in [-0.15, -0.1) is 0 Å². The van der Waals surface area contributed by atoms with Crippen LogP contribution < -0.4 is 0 Å². The molecule has 3 nitrogen and oxygen atoms in total. The molecule has 15 heavy (non-hydrogen) atoms. The number of hydrogen-bond donors (Lipinski definition) is 0. The lowest BCUT2D eigenvalue weighted by Crippen LogP contribution is -2.35. The fourth-order valence-corrected chi connectivity index (χ4v) is 4.36. The molecule has 1 atom stereocenters. The van der Waals surface area contributed by atoms with E-state index in [1.807, 2.05) is 0 Å². The SMILES string of the molecule is O=C(c1ccsc1)C1CCCCS1(=O)=O. The lowest BCUT2D eigenvalue weighted by Gasteiger charge is -2.20. The quantitative estimate of drug-likeness (QED) is 0.747. The minimum absolute atomic E-state index is 0.160. The highest BCUT2D eigenvalue weighted by Crippen LogP contribution is 2.23. The van der Waals surface area contributed by atoms with Gasteiger partial charge >= 0.3 is 0 Å². The molecule has 1 aliphatic rings. The summed E-state index contributed by atoms with van der Waals surface area (Å²) in [6, 6.07) is 1.69. The van der Waals surface area contributed by atoms with Crippen molar-refractivity contribution in [3.8, 4) is 0 Å². The molecule has 0 radical (unpaired) electrons. The van der Waals surface area contributed by atoms with Crippen LogP contribution in [-0.2, 0) is 9.84 Å². The Morgan fingerprint density at radius 3 is 2.80 bits per heavy atom. The third-order valence-electron chi connectivity index (χ3n) is 2.68. The van der Waals surface area contributed by atoms with Gasteiger partial charge in [0, 0.05) is 10.9 Å². The second-order valence-corrected chi connectivity index (χ2v) is 6.81. The van der Waals surface area contributed by atoms with Gasteiger partial charge in [-0.05, 0) is 24.3 Å². The van der Waals surface area contributed by atoms with Crippen molar-refractivity contribution < 1.29 is 13.2 Å². The second-order valence-electron chi connectivity index (χ2n) is 3.73. The summed E-state index contributed by atoms with van der Waals surface area (Å²) in [4.78, 5) is 11.9. The maximum absolute atomic E-state index is 11.9. The maximum atomic E-state index is 11.9. The number of thiophene rings is 1. The van der Waals surface area contributed by atoms with Crippen LogP contribution in [0.2, 0.25) is 0 Å². The zero-order valence-corrected chi connectivity index (χ0v) is 9.81. The Balaban J connectivity index is 2.27. The Morgan fingerprint density at radius 1 is 1.40 bits per heavy atom. The van der Waals surface area contributed by atoms with Crippen molar-refractivity contribution in [1.29, 1.82) is 0 Å². The minimum atomic E-state index is -3.19. The van der Waals surface area contributed by atoms with E-state index in [1.165, 1.54) is 11.3 Å². The average molecular weight is 244 g/mol. The third kappa shape index (κ3) is 2.13. The highest BCUT2D eigenvalue weighted by atomic mass is 32.2. The summed E-state index contributed by atoms with van der Waals surface area (Å²) < 4.78 is 23.4.